The largest absolute Gasteiger partial charge is 0.391 e. The number of carbonyl (C=O) groups is 12. The van der Waals surface area contributed by atoms with Crippen molar-refractivity contribution in [2.75, 3.05) is 75.0 Å². The zero-order valence-corrected chi connectivity index (χ0v) is 61.3. The van der Waals surface area contributed by atoms with Gasteiger partial charge in [-0.15, -0.1) is 11.6 Å². The fraction of sp³-hybridized carbons (Fsp3) is 0.829. The van der Waals surface area contributed by atoms with Gasteiger partial charge in [0.15, 0.2) is 0 Å². The van der Waals surface area contributed by atoms with Crippen molar-refractivity contribution in [2.45, 2.75) is 256 Å². The van der Waals surface area contributed by atoms with Crippen molar-refractivity contribution in [1.29, 1.82) is 0 Å². The minimum atomic E-state index is -4.36. The molecule has 5 fully saturated rings. The van der Waals surface area contributed by atoms with Gasteiger partial charge in [-0.25, -0.2) is 0 Å². The summed E-state index contributed by atoms with van der Waals surface area (Å²) in [5, 5.41) is 13.8. The number of alkyl halides is 4. The summed E-state index contributed by atoms with van der Waals surface area (Å²) in [4.78, 5) is 184. The molecule has 12 amide bonds. The summed E-state index contributed by atoms with van der Waals surface area (Å²) >= 11 is 6.50. The van der Waals surface area contributed by atoms with E-state index in [9.17, 15) is 56.3 Å². The molecule has 98 heavy (non-hydrogen) atoms. The van der Waals surface area contributed by atoms with Gasteiger partial charge in [-0.05, 0) is 145 Å². The summed E-state index contributed by atoms with van der Waals surface area (Å²) in [6.45, 7) is 11.4. The van der Waals surface area contributed by atoms with Crippen molar-refractivity contribution in [1.82, 2.24) is 60.9 Å². The van der Waals surface area contributed by atoms with Crippen LogP contribution in [-0.4, -0.2) is 240 Å². The molecule has 28 heteroatoms. The average molecular weight is 1410 g/mol. The minimum Gasteiger partial charge on any atom is -0.345 e. The molecule has 0 aromatic heterocycles. The van der Waals surface area contributed by atoms with E-state index in [4.69, 9.17) is 11.6 Å². The second-order valence-electron chi connectivity index (χ2n) is 29.9. The third-order valence-corrected chi connectivity index (χ3v) is 21.5. The molecule has 24 nitrogen and oxygen atoms in total. The van der Waals surface area contributed by atoms with E-state index >= 15 is 14.4 Å². The Hall–Kier alpha value is -6.28. The van der Waals surface area contributed by atoms with Crippen LogP contribution in [-0.2, 0) is 57.5 Å². The lowest BCUT2D eigenvalue weighted by Crippen LogP contribution is -2.60. The fourth-order valence-corrected chi connectivity index (χ4v) is 14.7. The van der Waals surface area contributed by atoms with Crippen LogP contribution in [0.2, 0.25) is 0 Å². The van der Waals surface area contributed by atoms with Gasteiger partial charge < -0.3 is 60.9 Å². The van der Waals surface area contributed by atoms with Crippen LogP contribution in [0.3, 0.4) is 0 Å². The maximum Gasteiger partial charge on any atom is 0.391 e. The monoisotopic (exact) mass is 1410 g/mol. The number of nitrogens with zero attached hydrogens (tertiary/aromatic N) is 7. The molecule has 0 spiro atoms. The Bertz CT molecular complexity index is 2740. The van der Waals surface area contributed by atoms with Gasteiger partial charge in [0.25, 0.3) is 0 Å². The molecule has 0 bridgehead atoms. The summed E-state index contributed by atoms with van der Waals surface area (Å²) < 4.78 is 41.5. The molecule has 0 aromatic carbocycles. The zero-order chi connectivity index (χ0) is 73.0. The van der Waals surface area contributed by atoms with Crippen LogP contribution in [0.25, 0.3) is 0 Å². The van der Waals surface area contributed by atoms with Crippen molar-refractivity contribution in [3.05, 3.63) is 0 Å². The van der Waals surface area contributed by atoms with Crippen LogP contribution in [0.5, 0.6) is 0 Å². The van der Waals surface area contributed by atoms with Crippen molar-refractivity contribution >= 4 is 82.5 Å². The van der Waals surface area contributed by atoms with Gasteiger partial charge in [-0.2, -0.15) is 13.2 Å². The Labute approximate surface area is 584 Å². The lowest BCUT2D eigenvalue weighted by atomic mass is 9.79. The van der Waals surface area contributed by atoms with E-state index in [-0.39, 0.29) is 99.2 Å². The molecule has 9 atom stereocenters. The maximum atomic E-state index is 15.5. The van der Waals surface area contributed by atoms with Gasteiger partial charge in [0.2, 0.25) is 70.9 Å². The second kappa shape index (κ2) is 38.5. The zero-order valence-electron chi connectivity index (χ0n) is 60.6. The Balaban J connectivity index is 1.59. The Morgan fingerprint density at radius 2 is 1.05 bits per heavy atom. The average Bonchev–Trinajstić information content (AvgIpc) is 0.933. The molecule has 2 heterocycles. The molecular formula is C70H116ClF3N12O12. The smallest absolute Gasteiger partial charge is 0.345 e. The van der Waals surface area contributed by atoms with Crippen molar-refractivity contribution in [3.8, 4) is 0 Å². The van der Waals surface area contributed by atoms with Crippen LogP contribution >= 0.6 is 11.6 Å². The van der Waals surface area contributed by atoms with E-state index in [0.29, 0.717) is 58.0 Å². The summed E-state index contributed by atoms with van der Waals surface area (Å²) in [6, 6.07) is -10.2. The Morgan fingerprint density at radius 3 is 1.62 bits per heavy atom. The number of halogens is 4. The van der Waals surface area contributed by atoms with Crippen LogP contribution < -0.4 is 26.6 Å². The van der Waals surface area contributed by atoms with E-state index in [1.54, 1.807) is 13.8 Å². The van der Waals surface area contributed by atoms with E-state index in [2.05, 4.69) is 26.6 Å². The predicted molar refractivity (Wildman–Crippen MR) is 365 cm³/mol. The van der Waals surface area contributed by atoms with Crippen LogP contribution in [0.15, 0.2) is 0 Å². The molecule has 5 aliphatic rings. The highest BCUT2D eigenvalue weighted by Gasteiger charge is 2.44. The topological polar surface area (TPSA) is 288 Å². The molecule has 3 aliphatic carbocycles. The van der Waals surface area contributed by atoms with Gasteiger partial charge in [-0.3, -0.25) is 57.5 Å². The first kappa shape index (κ1) is 82.4. The van der Waals surface area contributed by atoms with E-state index < -0.39 is 163 Å². The number of hydrogen-bond acceptors (Lipinski definition) is 12. The van der Waals surface area contributed by atoms with Crippen LogP contribution in [0.4, 0.5) is 13.2 Å². The van der Waals surface area contributed by atoms with E-state index in [1.165, 1.54) is 68.8 Å². The normalized spacial score (nSPS) is 29.7. The molecule has 0 aromatic rings. The van der Waals surface area contributed by atoms with Gasteiger partial charge in [0.05, 0.1) is 32.0 Å². The quantitative estimate of drug-likeness (QED) is 0.130. The fourth-order valence-electron chi connectivity index (χ4n) is 14.5. The molecule has 3 saturated carbocycles. The van der Waals surface area contributed by atoms with Gasteiger partial charge >= 0.3 is 6.18 Å². The van der Waals surface area contributed by atoms with Gasteiger partial charge in [-0.1, -0.05) is 80.1 Å². The number of amides is 12. The van der Waals surface area contributed by atoms with E-state index in [1.807, 2.05) is 27.7 Å². The minimum absolute atomic E-state index is 0.0128. The number of carbonyl (C=O) groups excluding carboxylic acids is 12. The molecule has 556 valence electrons. The molecule has 5 N–H and O–H groups in total. The van der Waals surface area contributed by atoms with Crippen molar-refractivity contribution in [2.24, 2.45) is 41.4 Å². The third-order valence-electron chi connectivity index (χ3n) is 21.1. The number of hydrogen-bond donors (Lipinski definition) is 5. The molecular weight excluding hydrogens is 1290 g/mol. The maximum absolute atomic E-state index is 15.5. The summed E-state index contributed by atoms with van der Waals surface area (Å²) in [5.74, 6) is -11.0. The third kappa shape index (κ3) is 24.5. The summed E-state index contributed by atoms with van der Waals surface area (Å²) in [7, 11) is 8.46. The predicted octanol–water partition coefficient (Wildman–Crippen LogP) is 5.76. The number of likely N-dealkylation sites (N-methyl/N-ethyl adjacent to an activating group) is 6. The summed E-state index contributed by atoms with van der Waals surface area (Å²) in [6.07, 6.45) is 4.64. The molecule has 2 saturated heterocycles. The Kier molecular flexibility index (Phi) is 32.4. The number of likely N-dealkylation sites (tertiary alicyclic amines) is 1. The molecule has 5 rings (SSSR count). The van der Waals surface area contributed by atoms with Crippen molar-refractivity contribution in [3.63, 3.8) is 0 Å². The second-order valence-corrected chi connectivity index (χ2v) is 30.5. The molecule has 2 aliphatic heterocycles. The number of nitrogens with one attached hydrogen (secondary N) is 5. The SMILES string of the molecule is CC[C@H](C)[C@@H]1NC(=O)[C@H](C)NC(=O)C[C@@H](C(=O)N2CCCC2)NC(=O)[C@H](CC(C)C)N(C)C(=O)[C@H](CC2CCCCC2)N(C)C(=O)[C@H](CC(C)C)NC(=O)[C@H](CCC2CCC(C(F)(F)F)CC2)NC(=O)CN(C)C(=O)[C@H](CC2CCC(Cl)CC2)N(C)C(=O)CN(C)C(=O)CN(C)C1=O. The first-order chi connectivity index (χ1) is 46.0. The standard InChI is InChI=1S/C70H116ClF3N12O12/c1-14-44(6)61-69(98)82(10)40-59(89)80(8)41-60(90)83(11)55(37-48-24-29-50(71)30-25-48)67(96)81(9)39-58(88)76-51(31-26-46-22-27-49(28-23-46)70(72,73)74)63(92)77-52(34-42(2)3)65(94)85(13)56(36-47-20-16-15-17-21-47)68(97)84(12)54(35-43(4)5)64(93)78-53(66(95)86-32-18-19-33-86)38-57(87)75-45(7)62(91)79-61/h42-56,61H,14-41H2,1-13H3,(H,75,87)(H,76,88)(H,77,92)(H,78,93)(H,79,91)/t44-,45-,46?,48?,49?,50?,51-,52-,53-,54-,55-,56-,61-/m0/s1. The van der Waals surface area contributed by atoms with Crippen molar-refractivity contribution < 1.29 is 70.7 Å². The van der Waals surface area contributed by atoms with E-state index in [0.717, 1.165) is 46.8 Å². The summed E-state index contributed by atoms with van der Waals surface area (Å²) in [5.41, 5.74) is 0. The highest BCUT2D eigenvalue weighted by atomic mass is 35.5. The van der Waals surface area contributed by atoms with Gasteiger partial charge in [0.1, 0.15) is 48.3 Å². The first-order valence-corrected chi connectivity index (χ1v) is 36.5. The Morgan fingerprint density at radius 1 is 0.510 bits per heavy atom. The highest BCUT2D eigenvalue weighted by molar-refractivity contribution is 6.20. The van der Waals surface area contributed by atoms with Crippen LogP contribution in [0, 0.1) is 41.4 Å². The first-order valence-electron chi connectivity index (χ1n) is 36.0. The van der Waals surface area contributed by atoms with Gasteiger partial charge in [0, 0.05) is 60.8 Å². The lowest BCUT2D eigenvalue weighted by Gasteiger charge is -2.38. The lowest BCUT2D eigenvalue weighted by molar-refractivity contribution is -0.184. The van der Waals surface area contributed by atoms with Crippen LogP contribution in [0.1, 0.15) is 196 Å². The number of rotatable bonds is 14. The molecule has 0 unspecified atom stereocenters. The highest BCUT2D eigenvalue weighted by Crippen LogP contribution is 2.41. The molecule has 0 radical (unpaired) electrons.